The van der Waals surface area contributed by atoms with Crippen LogP contribution in [0.25, 0.3) is 0 Å². The summed E-state index contributed by atoms with van der Waals surface area (Å²) < 4.78 is 0. The summed E-state index contributed by atoms with van der Waals surface area (Å²) in [6.45, 7) is 4.33. The molecule has 0 atom stereocenters. The van der Waals surface area contributed by atoms with Crippen LogP contribution in [0.15, 0.2) is 18.2 Å². The Labute approximate surface area is 112 Å². The molecule has 0 bridgehead atoms. The average Bonchev–Trinajstić information content (AvgIpc) is 3.16. The number of carbonyl (C=O) groups excluding carboxylic acids is 1. The van der Waals surface area contributed by atoms with Gasteiger partial charge in [-0.15, -0.1) is 0 Å². The first-order chi connectivity index (χ1) is 9.02. The maximum atomic E-state index is 12.1. The number of amides is 2. The fourth-order valence-electron chi connectivity index (χ4n) is 2.08. The molecule has 0 unspecified atom stereocenters. The van der Waals surface area contributed by atoms with E-state index in [2.05, 4.69) is 5.32 Å². The zero-order valence-electron chi connectivity index (χ0n) is 11.1. The second kappa shape index (κ2) is 5.30. The van der Waals surface area contributed by atoms with Crippen LogP contribution in [0.2, 0.25) is 0 Å². The summed E-state index contributed by atoms with van der Waals surface area (Å²) in [6.07, 6.45) is 2.10. The van der Waals surface area contributed by atoms with Gasteiger partial charge in [0, 0.05) is 18.3 Å². The molecule has 5 heteroatoms. The van der Waals surface area contributed by atoms with Crippen LogP contribution in [0.4, 0.5) is 10.5 Å². The predicted octanol–water partition coefficient (Wildman–Crippen LogP) is 2.71. The monoisotopic (exact) mass is 262 g/mol. The SMILES string of the molecule is CCN(C(=O)Nc1ccc(C)c(C(=O)O)c1)C1CC1. The molecule has 1 aromatic rings. The number of nitrogens with one attached hydrogen (secondary N) is 1. The third-order valence-electron chi connectivity index (χ3n) is 3.31. The van der Waals surface area contributed by atoms with Gasteiger partial charge in [-0.1, -0.05) is 6.07 Å². The minimum atomic E-state index is -0.983. The second-order valence-corrected chi connectivity index (χ2v) is 4.78. The lowest BCUT2D eigenvalue weighted by atomic mass is 10.1. The third kappa shape index (κ3) is 3.05. The summed E-state index contributed by atoms with van der Waals surface area (Å²) >= 11 is 0. The van der Waals surface area contributed by atoms with Crippen molar-refractivity contribution in [2.45, 2.75) is 32.7 Å². The van der Waals surface area contributed by atoms with Crippen molar-refractivity contribution in [2.75, 3.05) is 11.9 Å². The van der Waals surface area contributed by atoms with Crippen LogP contribution in [-0.4, -0.2) is 34.6 Å². The number of aromatic carboxylic acids is 1. The molecule has 5 nitrogen and oxygen atoms in total. The van der Waals surface area contributed by atoms with Crippen molar-refractivity contribution < 1.29 is 14.7 Å². The molecule has 102 valence electrons. The number of hydrogen-bond acceptors (Lipinski definition) is 2. The fraction of sp³-hybridized carbons (Fsp3) is 0.429. The van der Waals surface area contributed by atoms with Gasteiger partial charge < -0.3 is 15.3 Å². The molecular weight excluding hydrogens is 244 g/mol. The Balaban J connectivity index is 2.12. The van der Waals surface area contributed by atoms with Gasteiger partial charge >= 0.3 is 12.0 Å². The quantitative estimate of drug-likeness (QED) is 0.876. The van der Waals surface area contributed by atoms with E-state index in [4.69, 9.17) is 5.11 Å². The fourth-order valence-corrected chi connectivity index (χ4v) is 2.08. The number of carbonyl (C=O) groups is 2. The van der Waals surface area contributed by atoms with Crippen LogP contribution in [0.5, 0.6) is 0 Å². The molecule has 2 N–H and O–H groups in total. The summed E-state index contributed by atoms with van der Waals surface area (Å²) in [6, 6.07) is 5.10. The first kappa shape index (κ1) is 13.4. The standard InChI is InChI=1S/C14H18N2O3/c1-3-16(11-6-7-11)14(19)15-10-5-4-9(2)12(8-10)13(17)18/h4-5,8,11H,3,6-7H2,1-2H3,(H,15,19)(H,17,18). The van der Waals surface area contributed by atoms with E-state index >= 15 is 0 Å². The zero-order chi connectivity index (χ0) is 14.0. The summed E-state index contributed by atoms with van der Waals surface area (Å²) in [5.74, 6) is -0.983. The lowest BCUT2D eigenvalue weighted by Crippen LogP contribution is -2.36. The minimum absolute atomic E-state index is 0.162. The van der Waals surface area contributed by atoms with Gasteiger partial charge in [-0.3, -0.25) is 0 Å². The highest BCUT2D eigenvalue weighted by molar-refractivity contribution is 5.94. The summed E-state index contributed by atoms with van der Waals surface area (Å²) in [5, 5.41) is 11.8. The van der Waals surface area contributed by atoms with Crippen molar-refractivity contribution in [3.8, 4) is 0 Å². The van der Waals surface area contributed by atoms with E-state index < -0.39 is 5.97 Å². The van der Waals surface area contributed by atoms with Crippen LogP contribution < -0.4 is 5.32 Å². The van der Waals surface area contributed by atoms with Gasteiger partial charge in [-0.2, -0.15) is 0 Å². The van der Waals surface area contributed by atoms with Gasteiger partial charge in [-0.05, 0) is 44.4 Å². The topological polar surface area (TPSA) is 69.6 Å². The van der Waals surface area contributed by atoms with Crippen molar-refractivity contribution in [3.05, 3.63) is 29.3 Å². The van der Waals surface area contributed by atoms with Crippen LogP contribution in [0, 0.1) is 6.92 Å². The Morgan fingerprint density at radius 2 is 2.11 bits per heavy atom. The molecule has 1 aromatic carbocycles. The number of urea groups is 1. The number of anilines is 1. The van der Waals surface area contributed by atoms with Crippen LogP contribution in [-0.2, 0) is 0 Å². The molecule has 0 saturated heterocycles. The highest BCUT2D eigenvalue weighted by Crippen LogP contribution is 2.27. The number of nitrogens with zero attached hydrogens (tertiary/aromatic N) is 1. The van der Waals surface area contributed by atoms with E-state index in [1.54, 1.807) is 24.0 Å². The molecule has 1 saturated carbocycles. The molecule has 2 rings (SSSR count). The number of hydrogen-bond donors (Lipinski definition) is 2. The van der Waals surface area contributed by atoms with E-state index in [0.29, 0.717) is 23.8 Å². The first-order valence-electron chi connectivity index (χ1n) is 6.44. The maximum absolute atomic E-state index is 12.1. The molecular formula is C14H18N2O3. The molecule has 1 aliphatic rings. The van der Waals surface area contributed by atoms with Crippen LogP contribution in [0.3, 0.4) is 0 Å². The van der Waals surface area contributed by atoms with Crippen LogP contribution in [0.1, 0.15) is 35.7 Å². The Morgan fingerprint density at radius 3 is 2.63 bits per heavy atom. The predicted molar refractivity (Wildman–Crippen MR) is 72.6 cm³/mol. The Bertz CT molecular complexity index is 509. The smallest absolute Gasteiger partial charge is 0.336 e. The molecule has 0 aliphatic heterocycles. The van der Waals surface area contributed by atoms with Crippen LogP contribution >= 0.6 is 0 Å². The van der Waals surface area contributed by atoms with Crippen molar-refractivity contribution in [3.63, 3.8) is 0 Å². The van der Waals surface area contributed by atoms with E-state index in [9.17, 15) is 9.59 Å². The van der Waals surface area contributed by atoms with Crippen molar-refractivity contribution in [1.29, 1.82) is 0 Å². The third-order valence-corrected chi connectivity index (χ3v) is 3.31. The number of rotatable bonds is 4. The van der Waals surface area contributed by atoms with Crippen molar-refractivity contribution >= 4 is 17.7 Å². The Hall–Kier alpha value is -2.04. The normalized spacial score (nSPS) is 14.0. The van der Waals surface area contributed by atoms with E-state index in [1.807, 2.05) is 6.92 Å². The molecule has 1 fully saturated rings. The minimum Gasteiger partial charge on any atom is -0.478 e. The summed E-state index contributed by atoms with van der Waals surface area (Å²) in [4.78, 5) is 24.9. The lowest BCUT2D eigenvalue weighted by molar-refractivity contribution is 0.0696. The van der Waals surface area contributed by atoms with Crippen molar-refractivity contribution in [2.24, 2.45) is 0 Å². The summed E-state index contributed by atoms with van der Waals surface area (Å²) in [5.41, 5.74) is 1.42. The van der Waals surface area contributed by atoms with Gasteiger partial charge in [0.2, 0.25) is 0 Å². The van der Waals surface area contributed by atoms with Gasteiger partial charge in [0.25, 0.3) is 0 Å². The largest absolute Gasteiger partial charge is 0.478 e. The Kier molecular flexibility index (Phi) is 3.74. The average molecular weight is 262 g/mol. The molecule has 0 heterocycles. The lowest BCUT2D eigenvalue weighted by Gasteiger charge is -2.21. The number of aryl methyl sites for hydroxylation is 1. The van der Waals surface area contributed by atoms with E-state index in [1.165, 1.54) is 6.07 Å². The number of carboxylic acids is 1. The zero-order valence-corrected chi connectivity index (χ0v) is 11.1. The highest BCUT2D eigenvalue weighted by atomic mass is 16.4. The molecule has 0 aromatic heterocycles. The second-order valence-electron chi connectivity index (χ2n) is 4.78. The van der Waals surface area contributed by atoms with Crippen molar-refractivity contribution in [1.82, 2.24) is 4.90 Å². The molecule has 19 heavy (non-hydrogen) atoms. The van der Waals surface area contributed by atoms with E-state index in [0.717, 1.165) is 12.8 Å². The van der Waals surface area contributed by atoms with Gasteiger partial charge in [-0.25, -0.2) is 9.59 Å². The summed E-state index contributed by atoms with van der Waals surface area (Å²) in [7, 11) is 0. The highest BCUT2D eigenvalue weighted by Gasteiger charge is 2.31. The first-order valence-corrected chi connectivity index (χ1v) is 6.44. The molecule has 0 radical (unpaired) electrons. The Morgan fingerprint density at radius 1 is 1.42 bits per heavy atom. The molecule has 2 amide bonds. The van der Waals surface area contributed by atoms with Gasteiger partial charge in [0.1, 0.15) is 0 Å². The van der Waals surface area contributed by atoms with Gasteiger partial charge in [0.05, 0.1) is 5.56 Å². The number of benzene rings is 1. The van der Waals surface area contributed by atoms with E-state index in [-0.39, 0.29) is 11.6 Å². The number of carboxylic acid groups (broad SMARTS) is 1. The molecule has 0 spiro atoms. The maximum Gasteiger partial charge on any atom is 0.336 e. The van der Waals surface area contributed by atoms with Gasteiger partial charge in [0.15, 0.2) is 0 Å². The molecule has 1 aliphatic carbocycles.